The molecule has 1 aromatic carbocycles. The van der Waals surface area contributed by atoms with Gasteiger partial charge in [0.05, 0.1) is 30.2 Å². The van der Waals surface area contributed by atoms with Gasteiger partial charge in [-0.05, 0) is 70.9 Å². The molecule has 0 saturated heterocycles. The summed E-state index contributed by atoms with van der Waals surface area (Å²) in [5.41, 5.74) is 5.06. The van der Waals surface area contributed by atoms with Gasteiger partial charge in [0.25, 0.3) is 0 Å². The van der Waals surface area contributed by atoms with E-state index in [9.17, 15) is 4.79 Å². The summed E-state index contributed by atoms with van der Waals surface area (Å²) in [4.78, 5) is 22.7. The largest absolute Gasteiger partial charge is 0.496 e. The number of carbonyl (C=O) groups excluding carboxylic acids is 1. The van der Waals surface area contributed by atoms with Crippen molar-refractivity contribution in [1.82, 2.24) is 9.97 Å². The van der Waals surface area contributed by atoms with Crippen LogP contribution in [0.4, 0.5) is 0 Å². The minimum absolute atomic E-state index is 0.248. The van der Waals surface area contributed by atoms with Gasteiger partial charge in [-0.15, -0.1) is 0 Å². The Morgan fingerprint density at radius 2 is 1.83 bits per heavy atom. The number of Topliss-reactive ketones (excluding diaryl/α,β-unsaturated/α-hetero) is 1. The lowest BCUT2D eigenvalue weighted by molar-refractivity contribution is -0.610. The second-order valence-electron chi connectivity index (χ2n) is 10.1. The minimum atomic E-state index is -0.528. The smallest absolute Gasteiger partial charge is 0.402 e. The Bertz CT molecular complexity index is 1410. The summed E-state index contributed by atoms with van der Waals surface area (Å²) in [5.74, 6) is 3.51. The third kappa shape index (κ3) is 3.78. The number of hydrogen-bond acceptors (Lipinski definition) is 6. The number of carbonyl (C=O) groups is 1. The minimum Gasteiger partial charge on any atom is -0.496 e. The monoisotopic (exact) mass is 508 g/mol. The van der Waals surface area contributed by atoms with Crippen LogP contribution < -0.4 is 9.30 Å². The lowest BCUT2D eigenvalue weighted by Gasteiger charge is -2.21. The predicted octanol–water partition coefficient (Wildman–Crippen LogP) is 6.14. The first-order valence-electron chi connectivity index (χ1n) is 11.6. The highest BCUT2D eigenvalue weighted by atomic mass is 33.1. The number of nitrogens with one attached hydrogen (secondary N) is 1. The predicted molar refractivity (Wildman–Crippen MR) is 141 cm³/mol. The zero-order chi connectivity index (χ0) is 25.1. The quantitative estimate of drug-likeness (QED) is 0.249. The van der Waals surface area contributed by atoms with Crippen LogP contribution in [0.15, 0.2) is 46.0 Å². The average Bonchev–Trinajstić information content (AvgIpc) is 3.46. The number of ketones is 1. The first-order valence-corrected chi connectivity index (χ1v) is 13.9. The highest BCUT2D eigenvalue weighted by Crippen LogP contribution is 2.47. The molecule has 0 atom stereocenters. The van der Waals surface area contributed by atoms with Crippen molar-refractivity contribution >= 4 is 38.4 Å². The Kier molecular flexibility index (Phi) is 5.79. The highest BCUT2D eigenvalue weighted by Gasteiger charge is 2.50. The molecule has 1 aliphatic rings. The zero-order valence-corrected chi connectivity index (χ0v) is 22.7. The van der Waals surface area contributed by atoms with Gasteiger partial charge >= 0.3 is 5.95 Å². The Labute approximate surface area is 213 Å². The van der Waals surface area contributed by atoms with Gasteiger partial charge in [0.2, 0.25) is 0 Å². The molecule has 6 nitrogen and oxygen atoms in total. The lowest BCUT2D eigenvalue weighted by Crippen LogP contribution is -2.37. The van der Waals surface area contributed by atoms with Crippen molar-refractivity contribution in [3.63, 3.8) is 0 Å². The molecule has 1 aliphatic carbocycles. The van der Waals surface area contributed by atoms with Crippen molar-refractivity contribution in [1.29, 1.82) is 0 Å². The third-order valence-corrected chi connectivity index (χ3v) is 9.52. The van der Waals surface area contributed by atoms with Gasteiger partial charge in [0.1, 0.15) is 22.7 Å². The topological polar surface area (TPSA) is 72.0 Å². The molecule has 0 radical (unpaired) electrons. The molecule has 3 heterocycles. The van der Waals surface area contributed by atoms with E-state index in [1.807, 2.05) is 52.9 Å². The number of aromatic amines is 1. The van der Waals surface area contributed by atoms with Crippen molar-refractivity contribution in [2.24, 2.45) is 0 Å². The fraction of sp³-hybridized carbons (Fsp3) is 0.370. The number of aromatic nitrogens is 3. The standard InChI is InChI=1S/C27H30N3O3S2/c1-15-21(14-34-35-23-9-11-33-16(23)2)30(10-8-22(15)32-7)25-28-19-12-17-18(13-20(19)29-25)27(5,6)24(31)26(17,3)4/h8-13H,14H2,1-7H3,(H,28,29)/q+1. The molecule has 0 bridgehead atoms. The third-order valence-electron chi connectivity index (χ3n) is 7.16. The number of methoxy groups -OCH3 is 1. The maximum absolute atomic E-state index is 13.1. The van der Waals surface area contributed by atoms with E-state index in [2.05, 4.69) is 28.6 Å². The fourth-order valence-electron chi connectivity index (χ4n) is 5.10. The molecule has 0 fully saturated rings. The summed E-state index contributed by atoms with van der Waals surface area (Å²) in [7, 11) is 5.14. The molecule has 0 saturated carbocycles. The summed E-state index contributed by atoms with van der Waals surface area (Å²) < 4.78 is 13.1. The molecule has 1 N–H and O–H groups in total. The molecule has 3 aromatic heterocycles. The van der Waals surface area contributed by atoms with E-state index in [-0.39, 0.29) is 5.78 Å². The molecule has 5 rings (SSSR count). The van der Waals surface area contributed by atoms with Crippen LogP contribution in [0.2, 0.25) is 0 Å². The number of rotatable bonds is 6. The van der Waals surface area contributed by atoms with Gasteiger partial charge < -0.3 is 9.15 Å². The Morgan fingerprint density at radius 3 is 2.49 bits per heavy atom. The highest BCUT2D eigenvalue weighted by molar-refractivity contribution is 8.76. The Morgan fingerprint density at radius 1 is 1.11 bits per heavy atom. The number of pyridine rings is 1. The van der Waals surface area contributed by atoms with E-state index < -0.39 is 10.8 Å². The SMILES string of the molecule is COc1cc[n+](-c2nc3cc4c(cc3[nH]2)C(C)(C)C(=O)C4(C)C)c(CSSc2ccoc2C)c1C. The maximum atomic E-state index is 13.1. The van der Waals surface area contributed by atoms with E-state index in [4.69, 9.17) is 14.1 Å². The number of H-pyrrole nitrogens is 1. The van der Waals surface area contributed by atoms with Crippen LogP contribution in [0.25, 0.3) is 17.0 Å². The maximum Gasteiger partial charge on any atom is 0.402 e. The van der Waals surface area contributed by atoms with Crippen LogP contribution >= 0.6 is 21.6 Å². The van der Waals surface area contributed by atoms with Gasteiger partial charge in [-0.3, -0.25) is 4.79 Å². The summed E-state index contributed by atoms with van der Waals surface area (Å²) in [6.45, 7) is 12.1. The molecule has 4 aromatic rings. The number of imidazole rings is 1. The number of furan rings is 1. The molecule has 0 amide bonds. The zero-order valence-electron chi connectivity index (χ0n) is 21.1. The van der Waals surface area contributed by atoms with Crippen LogP contribution in [0.5, 0.6) is 5.75 Å². The van der Waals surface area contributed by atoms with Crippen LogP contribution in [-0.2, 0) is 21.4 Å². The van der Waals surface area contributed by atoms with Crippen molar-refractivity contribution in [3.05, 3.63) is 64.9 Å². The fourth-order valence-corrected chi connectivity index (χ4v) is 7.44. The number of fused-ring (bicyclic) bond motifs is 2. The van der Waals surface area contributed by atoms with Crippen molar-refractivity contribution in [2.75, 3.05) is 7.11 Å². The Hall–Kier alpha value is -2.71. The number of aryl methyl sites for hydroxylation is 1. The second kappa shape index (κ2) is 8.45. The van der Waals surface area contributed by atoms with E-state index in [1.54, 1.807) is 35.0 Å². The van der Waals surface area contributed by atoms with Gasteiger partial charge in [-0.2, -0.15) is 0 Å². The van der Waals surface area contributed by atoms with Crippen molar-refractivity contribution in [2.45, 2.75) is 63.0 Å². The van der Waals surface area contributed by atoms with E-state index in [0.29, 0.717) is 0 Å². The van der Waals surface area contributed by atoms with Gasteiger partial charge in [0, 0.05) is 22.5 Å². The molecule has 8 heteroatoms. The molecular weight excluding hydrogens is 478 g/mol. The summed E-state index contributed by atoms with van der Waals surface area (Å²) in [6, 6.07) is 8.15. The molecule has 0 unspecified atom stereocenters. The summed E-state index contributed by atoms with van der Waals surface area (Å²) in [6.07, 6.45) is 3.72. The molecule has 0 spiro atoms. The van der Waals surface area contributed by atoms with Crippen LogP contribution in [0.1, 0.15) is 55.8 Å². The Balaban J connectivity index is 1.56. The van der Waals surface area contributed by atoms with Gasteiger partial charge in [-0.1, -0.05) is 26.6 Å². The first-order chi connectivity index (χ1) is 16.6. The van der Waals surface area contributed by atoms with Gasteiger partial charge in [0.15, 0.2) is 11.3 Å². The van der Waals surface area contributed by atoms with E-state index in [0.717, 1.165) is 61.5 Å². The number of hydrogen-bond donors (Lipinski definition) is 1. The molecular formula is C27H30N3O3S2+. The molecule has 0 aliphatic heterocycles. The normalized spacial score (nSPS) is 16.1. The van der Waals surface area contributed by atoms with Crippen LogP contribution in [0.3, 0.4) is 0 Å². The number of benzene rings is 1. The molecule has 35 heavy (non-hydrogen) atoms. The summed E-state index contributed by atoms with van der Waals surface area (Å²) >= 11 is 0. The molecule has 182 valence electrons. The summed E-state index contributed by atoms with van der Waals surface area (Å²) in [5, 5.41) is 0. The van der Waals surface area contributed by atoms with Crippen molar-refractivity contribution < 1.29 is 18.5 Å². The lowest BCUT2D eigenvalue weighted by atomic mass is 9.80. The van der Waals surface area contributed by atoms with Crippen LogP contribution in [0, 0.1) is 13.8 Å². The second-order valence-corrected chi connectivity index (χ2v) is 12.4. The van der Waals surface area contributed by atoms with Gasteiger partial charge in [-0.25, -0.2) is 9.55 Å². The average molecular weight is 509 g/mol. The van der Waals surface area contributed by atoms with Crippen LogP contribution in [-0.4, -0.2) is 22.9 Å². The number of ether oxygens (including phenoxy) is 1. The van der Waals surface area contributed by atoms with E-state index >= 15 is 0 Å². The van der Waals surface area contributed by atoms with Crippen molar-refractivity contribution in [3.8, 4) is 11.7 Å². The first kappa shape index (κ1) is 24.0. The number of nitrogens with zero attached hydrogens (tertiary/aromatic N) is 2. The van der Waals surface area contributed by atoms with E-state index in [1.165, 1.54) is 0 Å².